The summed E-state index contributed by atoms with van der Waals surface area (Å²) in [5.41, 5.74) is 11.5. The Morgan fingerprint density at radius 3 is 1.17 bits per heavy atom. The lowest BCUT2D eigenvalue weighted by atomic mass is 9.54. The summed E-state index contributed by atoms with van der Waals surface area (Å²) in [7, 11) is -2.34. The second-order valence-corrected chi connectivity index (χ2v) is 17.9. The topological polar surface area (TPSA) is 9.23 Å². The first kappa shape index (κ1) is 24.6. The van der Waals surface area contributed by atoms with E-state index in [1.54, 1.807) is 0 Å². The summed E-state index contributed by atoms with van der Waals surface area (Å²) in [6, 6.07) is 54.9. The molecule has 204 valence electrons. The van der Waals surface area contributed by atoms with Crippen LogP contribution in [0.1, 0.15) is 45.6 Å². The SMILES string of the molecule is C[Si]1(C)[C@]2(c3ccccc3)C(c3ccccc3)=C(c3ccccc3)[C@@]1(c1ccccc1)[C@@H]1[C@H]2[C@@H]2O[C@H]1c1ccccc12. The van der Waals surface area contributed by atoms with E-state index in [0.717, 1.165) is 0 Å². The summed E-state index contributed by atoms with van der Waals surface area (Å²) in [5, 5.41) is -0.289. The van der Waals surface area contributed by atoms with E-state index in [1.165, 1.54) is 44.5 Å². The number of rotatable bonds is 4. The molecule has 9 rings (SSSR count). The van der Waals surface area contributed by atoms with Gasteiger partial charge in [0.2, 0.25) is 0 Å². The molecular formula is C40H34OSi. The highest BCUT2D eigenvalue weighted by Crippen LogP contribution is 2.84. The highest BCUT2D eigenvalue weighted by atomic mass is 28.3. The van der Waals surface area contributed by atoms with E-state index in [-0.39, 0.29) is 22.3 Å². The van der Waals surface area contributed by atoms with Gasteiger partial charge in [0.1, 0.15) is 0 Å². The maximum Gasteiger partial charge on any atom is 0.0878 e. The molecule has 42 heavy (non-hydrogen) atoms. The molecule has 4 aliphatic rings. The number of ether oxygens (including phenoxy) is 1. The van der Waals surface area contributed by atoms with Gasteiger partial charge < -0.3 is 4.74 Å². The standard InChI is InChI=1S/C40H34OSi/c1-42(2)39(29-21-11-5-12-22-29)33(27-17-7-3-8-18-27)34(28-19-9-4-10-20-28)40(42,30-23-13-6-14-24-30)36-35(39)37-31-25-15-16-26-32(31)38(36)41-37/h3-26,35-38H,1-2H3/t35-,36+,37+,38-,39+,40-. The van der Waals surface area contributed by atoms with Gasteiger partial charge >= 0.3 is 0 Å². The average molecular weight is 559 g/mol. The zero-order chi connectivity index (χ0) is 28.1. The van der Waals surface area contributed by atoms with Gasteiger partial charge in [-0.3, -0.25) is 0 Å². The number of hydrogen-bond donors (Lipinski definition) is 0. The van der Waals surface area contributed by atoms with Crippen molar-refractivity contribution in [2.24, 2.45) is 11.8 Å². The van der Waals surface area contributed by atoms with Crippen molar-refractivity contribution in [2.45, 2.75) is 35.4 Å². The number of fused-ring (bicyclic) bond motifs is 12. The molecule has 0 N–H and O–H groups in total. The van der Waals surface area contributed by atoms with Crippen molar-refractivity contribution in [2.75, 3.05) is 0 Å². The quantitative estimate of drug-likeness (QED) is 0.200. The highest BCUT2D eigenvalue weighted by Gasteiger charge is 2.85. The fourth-order valence-electron chi connectivity index (χ4n) is 10.5. The normalized spacial score (nSPS) is 31.3. The number of benzene rings is 5. The molecule has 0 amide bonds. The van der Waals surface area contributed by atoms with Crippen molar-refractivity contribution in [1.29, 1.82) is 0 Å². The van der Waals surface area contributed by atoms with Gasteiger partial charge in [0.25, 0.3) is 0 Å². The highest BCUT2D eigenvalue weighted by molar-refractivity contribution is 6.90. The third kappa shape index (κ3) is 2.65. The Hall–Kier alpha value is -3.98. The van der Waals surface area contributed by atoms with Crippen LogP contribution in [0.3, 0.4) is 0 Å². The van der Waals surface area contributed by atoms with Crippen LogP contribution in [0.2, 0.25) is 13.1 Å². The summed E-state index contributed by atoms with van der Waals surface area (Å²) in [4.78, 5) is 0. The first-order valence-corrected chi connectivity index (χ1v) is 18.3. The molecule has 2 fully saturated rings. The molecule has 2 heteroatoms. The molecule has 0 saturated carbocycles. The van der Waals surface area contributed by atoms with Crippen LogP contribution in [0.4, 0.5) is 0 Å². The summed E-state index contributed by atoms with van der Waals surface area (Å²) >= 11 is 0. The summed E-state index contributed by atoms with van der Waals surface area (Å²) in [6.45, 7) is 5.43. The molecule has 6 atom stereocenters. The Balaban J connectivity index is 1.52. The van der Waals surface area contributed by atoms with E-state index in [1.807, 2.05) is 0 Å². The van der Waals surface area contributed by atoms with E-state index in [9.17, 15) is 0 Å². The van der Waals surface area contributed by atoms with Gasteiger partial charge in [-0.1, -0.05) is 159 Å². The fourth-order valence-corrected chi connectivity index (χ4v) is 17.0. The van der Waals surface area contributed by atoms with Gasteiger partial charge in [-0.15, -0.1) is 0 Å². The Labute approximate surface area is 249 Å². The summed E-state index contributed by atoms with van der Waals surface area (Å²) < 4.78 is 7.24. The predicted octanol–water partition coefficient (Wildman–Crippen LogP) is 9.35. The van der Waals surface area contributed by atoms with Crippen LogP contribution in [0.25, 0.3) is 11.1 Å². The summed E-state index contributed by atoms with van der Waals surface area (Å²) in [6.07, 6.45) is 0.176. The van der Waals surface area contributed by atoms with Crippen LogP contribution in [0.15, 0.2) is 146 Å². The van der Waals surface area contributed by atoms with Crippen molar-refractivity contribution in [3.8, 4) is 0 Å². The minimum absolute atomic E-state index is 0.0878. The molecule has 2 saturated heterocycles. The van der Waals surface area contributed by atoms with Crippen LogP contribution in [-0.4, -0.2) is 8.07 Å². The molecule has 4 bridgehead atoms. The van der Waals surface area contributed by atoms with Gasteiger partial charge in [-0.05, 0) is 44.5 Å². The molecular weight excluding hydrogens is 525 g/mol. The van der Waals surface area contributed by atoms with Crippen LogP contribution in [-0.2, 0) is 14.8 Å². The molecule has 4 heterocycles. The Morgan fingerprint density at radius 1 is 0.452 bits per heavy atom. The van der Waals surface area contributed by atoms with Gasteiger partial charge in [0.15, 0.2) is 0 Å². The first-order chi connectivity index (χ1) is 20.6. The predicted molar refractivity (Wildman–Crippen MR) is 173 cm³/mol. The zero-order valence-electron chi connectivity index (χ0n) is 24.1. The van der Waals surface area contributed by atoms with Crippen molar-refractivity contribution >= 4 is 19.2 Å². The lowest BCUT2D eigenvalue weighted by Crippen LogP contribution is -2.57. The Bertz CT molecular complexity index is 1710. The van der Waals surface area contributed by atoms with Crippen LogP contribution in [0, 0.1) is 11.8 Å². The first-order valence-electron chi connectivity index (χ1n) is 15.3. The van der Waals surface area contributed by atoms with Crippen LogP contribution < -0.4 is 0 Å². The fraction of sp³-hybridized carbons (Fsp3) is 0.200. The molecule has 0 aromatic heterocycles. The van der Waals surface area contributed by atoms with Crippen LogP contribution in [0.5, 0.6) is 0 Å². The average Bonchev–Trinajstić information content (AvgIpc) is 3.73. The second-order valence-electron chi connectivity index (χ2n) is 13.1. The van der Waals surface area contributed by atoms with Crippen LogP contribution >= 0.6 is 0 Å². The van der Waals surface area contributed by atoms with E-state index in [4.69, 9.17) is 4.74 Å². The second kappa shape index (κ2) is 8.53. The minimum Gasteiger partial charge on any atom is -0.365 e. The number of allylic oxidation sites excluding steroid dienone is 2. The molecule has 4 aliphatic heterocycles. The molecule has 5 aromatic rings. The van der Waals surface area contributed by atoms with E-state index < -0.39 is 8.07 Å². The number of hydrogen-bond acceptors (Lipinski definition) is 1. The molecule has 0 unspecified atom stereocenters. The molecule has 5 aromatic carbocycles. The van der Waals surface area contributed by atoms with Crippen molar-refractivity contribution in [1.82, 2.24) is 0 Å². The maximum atomic E-state index is 7.24. The lowest BCUT2D eigenvalue weighted by Gasteiger charge is -2.47. The van der Waals surface area contributed by atoms with Gasteiger partial charge in [-0.25, -0.2) is 0 Å². The molecule has 0 aliphatic carbocycles. The Kier molecular flexibility index (Phi) is 5.00. The van der Waals surface area contributed by atoms with Crippen molar-refractivity contribution < 1.29 is 4.74 Å². The third-order valence-electron chi connectivity index (χ3n) is 11.5. The lowest BCUT2D eigenvalue weighted by molar-refractivity contribution is 0.0474. The van der Waals surface area contributed by atoms with Gasteiger partial charge in [0.05, 0.1) is 20.3 Å². The van der Waals surface area contributed by atoms with Crippen molar-refractivity contribution in [3.05, 3.63) is 179 Å². The van der Waals surface area contributed by atoms with Gasteiger partial charge in [-0.2, -0.15) is 0 Å². The van der Waals surface area contributed by atoms with E-state index in [0.29, 0.717) is 11.8 Å². The van der Waals surface area contributed by atoms with E-state index in [2.05, 4.69) is 159 Å². The van der Waals surface area contributed by atoms with Gasteiger partial charge in [0, 0.05) is 21.9 Å². The third-order valence-corrected chi connectivity index (χ3v) is 17.2. The molecule has 1 nitrogen and oxygen atoms in total. The Morgan fingerprint density at radius 2 is 0.786 bits per heavy atom. The van der Waals surface area contributed by atoms with E-state index >= 15 is 0 Å². The smallest absolute Gasteiger partial charge is 0.0878 e. The zero-order valence-corrected chi connectivity index (χ0v) is 25.1. The monoisotopic (exact) mass is 558 g/mol. The minimum atomic E-state index is -2.34. The molecule has 0 radical (unpaired) electrons. The maximum absolute atomic E-state index is 7.24. The largest absolute Gasteiger partial charge is 0.365 e. The molecule has 0 spiro atoms. The summed E-state index contributed by atoms with van der Waals surface area (Å²) in [5.74, 6) is 0.702. The van der Waals surface area contributed by atoms with Crippen molar-refractivity contribution in [3.63, 3.8) is 0 Å².